The maximum Gasteiger partial charge on any atom is 0.323 e. The average Bonchev–Trinajstić information content (AvgIpc) is 2.38. The van der Waals surface area contributed by atoms with Crippen LogP contribution in [0.2, 0.25) is 10.3 Å². The van der Waals surface area contributed by atoms with E-state index in [-0.39, 0.29) is 23.5 Å². The van der Waals surface area contributed by atoms with Gasteiger partial charge in [-0.1, -0.05) is 23.2 Å². The van der Waals surface area contributed by atoms with E-state index in [1.165, 1.54) is 12.1 Å². The molecule has 0 bridgehead atoms. The van der Waals surface area contributed by atoms with Crippen molar-refractivity contribution in [3.63, 3.8) is 0 Å². The molecule has 0 aromatic carbocycles. The molecule has 3 N–H and O–H groups in total. The standard InChI is InChI=1S/C12H17Cl2N3O4S/c1-22(19,20)16-4-2-3-9(15)12(18)21-7-8-5-10(13)17-11(14)6-8/h5-6,9,16H,2-4,7,15H2,1H3/t9-/m0/s1. The number of carbonyl (C=O) groups is 1. The van der Waals surface area contributed by atoms with Crippen molar-refractivity contribution < 1.29 is 17.9 Å². The van der Waals surface area contributed by atoms with Gasteiger partial charge < -0.3 is 10.5 Å². The van der Waals surface area contributed by atoms with Crippen molar-refractivity contribution in [1.82, 2.24) is 9.71 Å². The molecule has 1 rings (SSSR count). The van der Waals surface area contributed by atoms with Gasteiger partial charge in [0.15, 0.2) is 0 Å². The van der Waals surface area contributed by atoms with E-state index in [9.17, 15) is 13.2 Å². The van der Waals surface area contributed by atoms with E-state index >= 15 is 0 Å². The van der Waals surface area contributed by atoms with Gasteiger partial charge in [0.25, 0.3) is 0 Å². The first-order valence-corrected chi connectivity index (χ1v) is 9.01. The van der Waals surface area contributed by atoms with Crippen molar-refractivity contribution in [3.8, 4) is 0 Å². The average molecular weight is 370 g/mol. The van der Waals surface area contributed by atoms with Crippen molar-refractivity contribution in [2.75, 3.05) is 12.8 Å². The van der Waals surface area contributed by atoms with Crippen LogP contribution in [0, 0.1) is 0 Å². The van der Waals surface area contributed by atoms with E-state index < -0.39 is 22.0 Å². The first-order chi connectivity index (χ1) is 10.2. The van der Waals surface area contributed by atoms with Gasteiger partial charge in [0.2, 0.25) is 10.0 Å². The molecule has 0 aliphatic carbocycles. The van der Waals surface area contributed by atoms with Gasteiger partial charge in [-0.05, 0) is 30.5 Å². The number of nitrogens with two attached hydrogens (primary N) is 1. The number of ether oxygens (including phenoxy) is 1. The summed E-state index contributed by atoms with van der Waals surface area (Å²) in [7, 11) is -3.23. The molecule has 124 valence electrons. The Kier molecular flexibility index (Phi) is 7.51. The molecular weight excluding hydrogens is 353 g/mol. The zero-order chi connectivity index (χ0) is 16.8. The maximum atomic E-state index is 11.7. The molecule has 0 amide bonds. The van der Waals surface area contributed by atoms with Crippen molar-refractivity contribution in [2.24, 2.45) is 5.73 Å². The summed E-state index contributed by atoms with van der Waals surface area (Å²) in [6.07, 6.45) is 1.79. The molecule has 0 spiro atoms. The number of halogens is 2. The summed E-state index contributed by atoms with van der Waals surface area (Å²) < 4.78 is 29.1. The second kappa shape index (κ2) is 8.64. The molecule has 0 aliphatic heterocycles. The summed E-state index contributed by atoms with van der Waals surface area (Å²) >= 11 is 11.5. The molecule has 22 heavy (non-hydrogen) atoms. The zero-order valence-corrected chi connectivity index (χ0v) is 14.2. The highest BCUT2D eigenvalue weighted by atomic mass is 35.5. The van der Waals surface area contributed by atoms with Gasteiger partial charge in [0, 0.05) is 6.54 Å². The summed E-state index contributed by atoms with van der Waals surface area (Å²) in [6.45, 7) is 0.200. The number of carbonyl (C=O) groups excluding carboxylic acids is 1. The SMILES string of the molecule is CS(=O)(=O)NCCC[C@H](N)C(=O)OCc1cc(Cl)nc(Cl)c1. The number of sulfonamides is 1. The van der Waals surface area contributed by atoms with Crippen molar-refractivity contribution in [3.05, 3.63) is 28.0 Å². The Labute approximate surface area is 139 Å². The third-order valence-electron chi connectivity index (χ3n) is 2.56. The molecule has 1 aromatic rings. The Morgan fingerprint density at radius 3 is 2.55 bits per heavy atom. The third kappa shape index (κ3) is 7.90. The molecule has 7 nitrogen and oxygen atoms in total. The highest BCUT2D eigenvalue weighted by molar-refractivity contribution is 7.88. The van der Waals surface area contributed by atoms with E-state index in [4.69, 9.17) is 33.7 Å². The predicted molar refractivity (Wildman–Crippen MR) is 84.1 cm³/mol. The number of esters is 1. The van der Waals surface area contributed by atoms with Crippen LogP contribution in [0.25, 0.3) is 0 Å². The summed E-state index contributed by atoms with van der Waals surface area (Å²) in [5.74, 6) is -0.580. The lowest BCUT2D eigenvalue weighted by atomic mass is 10.2. The number of nitrogens with one attached hydrogen (secondary N) is 1. The smallest absolute Gasteiger partial charge is 0.323 e. The Morgan fingerprint density at radius 1 is 1.41 bits per heavy atom. The van der Waals surface area contributed by atoms with Crippen LogP contribution in [0.5, 0.6) is 0 Å². The summed E-state index contributed by atoms with van der Waals surface area (Å²) in [5, 5.41) is 0.407. The Hall–Kier alpha value is -0.930. The normalized spacial score (nSPS) is 12.9. The largest absolute Gasteiger partial charge is 0.460 e. The maximum absolute atomic E-state index is 11.7. The minimum atomic E-state index is -3.23. The Balaban J connectivity index is 2.35. The second-order valence-electron chi connectivity index (χ2n) is 4.64. The minimum Gasteiger partial charge on any atom is -0.460 e. The molecule has 1 atom stereocenters. The second-order valence-corrected chi connectivity index (χ2v) is 7.25. The molecule has 0 saturated carbocycles. The van der Waals surface area contributed by atoms with Gasteiger partial charge >= 0.3 is 5.97 Å². The molecule has 1 aromatic heterocycles. The first kappa shape index (κ1) is 19.1. The fourth-order valence-corrected chi connectivity index (χ4v) is 2.58. The summed E-state index contributed by atoms with van der Waals surface area (Å²) in [6, 6.07) is 2.24. The first-order valence-electron chi connectivity index (χ1n) is 6.36. The lowest BCUT2D eigenvalue weighted by molar-refractivity contribution is -0.146. The fourth-order valence-electron chi connectivity index (χ4n) is 1.56. The lowest BCUT2D eigenvalue weighted by Gasteiger charge is -2.11. The van der Waals surface area contributed by atoms with Crippen LogP contribution in [-0.2, 0) is 26.2 Å². The van der Waals surface area contributed by atoms with Crippen molar-refractivity contribution >= 4 is 39.2 Å². The Bertz CT molecular complexity index is 605. The van der Waals surface area contributed by atoms with Crippen LogP contribution < -0.4 is 10.5 Å². The van der Waals surface area contributed by atoms with E-state index in [0.29, 0.717) is 18.4 Å². The molecule has 0 unspecified atom stereocenters. The van der Waals surface area contributed by atoms with Crippen LogP contribution >= 0.6 is 23.2 Å². The van der Waals surface area contributed by atoms with Crippen LogP contribution in [-0.4, -0.2) is 38.2 Å². The number of nitrogens with zero attached hydrogens (tertiary/aromatic N) is 1. The van der Waals surface area contributed by atoms with E-state index in [1.54, 1.807) is 0 Å². The zero-order valence-electron chi connectivity index (χ0n) is 11.9. The number of rotatable bonds is 8. The molecule has 0 aliphatic rings. The van der Waals surface area contributed by atoms with Crippen LogP contribution in [0.1, 0.15) is 18.4 Å². The van der Waals surface area contributed by atoms with Gasteiger partial charge in [0.1, 0.15) is 23.0 Å². The summed E-state index contributed by atoms with van der Waals surface area (Å²) in [5.41, 5.74) is 6.28. The quantitative estimate of drug-likeness (QED) is 0.403. The Morgan fingerprint density at radius 2 is 2.00 bits per heavy atom. The molecule has 0 fully saturated rings. The molecular formula is C12H17Cl2N3O4S. The summed E-state index contributed by atoms with van der Waals surface area (Å²) in [4.78, 5) is 15.5. The van der Waals surface area contributed by atoms with E-state index in [1.807, 2.05) is 0 Å². The molecule has 0 radical (unpaired) electrons. The van der Waals surface area contributed by atoms with Crippen molar-refractivity contribution in [1.29, 1.82) is 0 Å². The molecule has 0 saturated heterocycles. The number of hydrogen-bond acceptors (Lipinski definition) is 6. The van der Waals surface area contributed by atoms with Crippen LogP contribution in [0.3, 0.4) is 0 Å². The fraction of sp³-hybridized carbons (Fsp3) is 0.500. The van der Waals surface area contributed by atoms with Crippen LogP contribution in [0.15, 0.2) is 12.1 Å². The highest BCUT2D eigenvalue weighted by Gasteiger charge is 2.15. The topological polar surface area (TPSA) is 111 Å². The van der Waals surface area contributed by atoms with Gasteiger partial charge in [0.05, 0.1) is 6.26 Å². The monoisotopic (exact) mass is 369 g/mol. The number of hydrogen-bond donors (Lipinski definition) is 2. The highest BCUT2D eigenvalue weighted by Crippen LogP contribution is 2.15. The predicted octanol–water partition coefficient (Wildman–Crippen LogP) is 1.09. The van der Waals surface area contributed by atoms with E-state index in [0.717, 1.165) is 6.26 Å². The van der Waals surface area contributed by atoms with Gasteiger partial charge in [-0.3, -0.25) is 4.79 Å². The third-order valence-corrected chi connectivity index (χ3v) is 3.68. The molecule has 1 heterocycles. The molecule has 10 heteroatoms. The number of aromatic nitrogens is 1. The van der Waals surface area contributed by atoms with Gasteiger partial charge in [-0.2, -0.15) is 0 Å². The minimum absolute atomic E-state index is 0.0178. The van der Waals surface area contributed by atoms with Crippen LogP contribution in [0.4, 0.5) is 0 Å². The number of pyridine rings is 1. The van der Waals surface area contributed by atoms with Gasteiger partial charge in [-0.25, -0.2) is 18.1 Å². The lowest BCUT2D eigenvalue weighted by Crippen LogP contribution is -2.33. The van der Waals surface area contributed by atoms with Gasteiger partial charge in [-0.15, -0.1) is 0 Å². The van der Waals surface area contributed by atoms with Crippen molar-refractivity contribution in [2.45, 2.75) is 25.5 Å². The van der Waals surface area contributed by atoms with E-state index in [2.05, 4.69) is 9.71 Å².